The van der Waals surface area contributed by atoms with E-state index in [1.54, 1.807) is 0 Å². The molecule has 0 bridgehead atoms. The van der Waals surface area contributed by atoms with Crippen molar-refractivity contribution in [2.75, 3.05) is 6.61 Å². The van der Waals surface area contributed by atoms with Gasteiger partial charge in [-0.3, -0.25) is 4.79 Å². The van der Waals surface area contributed by atoms with E-state index in [1.807, 2.05) is 0 Å². The molecule has 2 aliphatic rings. The van der Waals surface area contributed by atoms with Gasteiger partial charge in [-0.1, -0.05) is 54.4 Å². The Hall–Kier alpha value is -0.570. The van der Waals surface area contributed by atoms with E-state index in [0.717, 1.165) is 51.4 Å². The van der Waals surface area contributed by atoms with Crippen LogP contribution in [0.1, 0.15) is 107 Å². The maximum absolute atomic E-state index is 13.5. The number of carbonyl (C=O) groups excluding carboxylic acids is 1. The molecule has 0 aromatic rings. The standard InChI is InChI=1S/C24H44O3/c1-9-21(5,10-2)17-23(7,22(6,11-3)12-4)20(25)26-16-18-13-14-24(8)19(15-18)27-24/h18-19H,9-17H2,1-8H3. The molecule has 4 atom stereocenters. The lowest BCUT2D eigenvalue weighted by molar-refractivity contribution is -0.169. The first-order valence-electron chi connectivity index (χ1n) is 11.4. The molecule has 1 saturated heterocycles. The molecule has 0 N–H and O–H groups in total. The molecule has 0 radical (unpaired) electrons. The van der Waals surface area contributed by atoms with Crippen LogP contribution in [-0.2, 0) is 14.3 Å². The summed E-state index contributed by atoms with van der Waals surface area (Å²) in [6, 6.07) is 0. The molecule has 0 aromatic heterocycles. The van der Waals surface area contributed by atoms with E-state index in [9.17, 15) is 4.79 Å². The Balaban J connectivity index is 2.10. The molecule has 2 fully saturated rings. The van der Waals surface area contributed by atoms with Gasteiger partial charge in [0.25, 0.3) is 0 Å². The number of esters is 1. The zero-order chi connectivity index (χ0) is 20.5. The molecule has 3 heteroatoms. The maximum Gasteiger partial charge on any atom is 0.312 e. The summed E-state index contributed by atoms with van der Waals surface area (Å²) in [6.45, 7) is 18.5. The summed E-state index contributed by atoms with van der Waals surface area (Å²) in [5, 5.41) is 0. The summed E-state index contributed by atoms with van der Waals surface area (Å²) in [6.07, 6.45) is 8.72. The van der Waals surface area contributed by atoms with Crippen LogP contribution in [0.25, 0.3) is 0 Å². The van der Waals surface area contributed by atoms with E-state index in [0.29, 0.717) is 18.6 Å². The fraction of sp³-hybridized carbons (Fsp3) is 0.958. The Morgan fingerprint density at radius 3 is 2.15 bits per heavy atom. The lowest BCUT2D eigenvalue weighted by Crippen LogP contribution is -2.48. The first-order valence-corrected chi connectivity index (χ1v) is 11.4. The van der Waals surface area contributed by atoms with Crippen molar-refractivity contribution in [2.45, 2.75) is 118 Å². The Bertz CT molecular complexity index is 520. The second-order valence-electron chi connectivity index (χ2n) is 10.5. The number of rotatable bonds is 10. The van der Waals surface area contributed by atoms with Gasteiger partial charge in [0.15, 0.2) is 0 Å². The highest BCUT2D eigenvalue weighted by molar-refractivity contribution is 5.77. The summed E-state index contributed by atoms with van der Waals surface area (Å²) >= 11 is 0. The summed E-state index contributed by atoms with van der Waals surface area (Å²) in [5.74, 6) is 0.476. The van der Waals surface area contributed by atoms with Gasteiger partial charge in [-0.2, -0.15) is 0 Å². The number of epoxide rings is 1. The fourth-order valence-corrected chi connectivity index (χ4v) is 5.14. The van der Waals surface area contributed by atoms with Gasteiger partial charge in [-0.05, 0) is 69.1 Å². The van der Waals surface area contributed by atoms with Crippen LogP contribution in [0.4, 0.5) is 0 Å². The van der Waals surface area contributed by atoms with Crippen LogP contribution in [-0.4, -0.2) is 24.3 Å². The normalized spacial score (nSPS) is 30.4. The highest BCUT2D eigenvalue weighted by Crippen LogP contribution is 2.54. The molecule has 3 nitrogen and oxygen atoms in total. The van der Waals surface area contributed by atoms with Crippen molar-refractivity contribution in [3.8, 4) is 0 Å². The molecule has 4 unspecified atom stereocenters. The first-order chi connectivity index (χ1) is 12.5. The average Bonchev–Trinajstić information content (AvgIpc) is 3.35. The molecule has 1 saturated carbocycles. The molecule has 1 aliphatic heterocycles. The third kappa shape index (κ3) is 4.38. The van der Waals surface area contributed by atoms with Gasteiger partial charge >= 0.3 is 5.97 Å². The Morgan fingerprint density at radius 1 is 1.07 bits per heavy atom. The van der Waals surface area contributed by atoms with Gasteiger partial charge in [0.2, 0.25) is 0 Å². The molecular formula is C24H44O3. The van der Waals surface area contributed by atoms with E-state index in [-0.39, 0.29) is 22.4 Å². The number of fused-ring (bicyclic) bond motifs is 1. The monoisotopic (exact) mass is 380 g/mol. The lowest BCUT2D eigenvalue weighted by atomic mass is 9.56. The van der Waals surface area contributed by atoms with E-state index in [1.165, 1.54) is 0 Å². The zero-order valence-corrected chi connectivity index (χ0v) is 19.2. The van der Waals surface area contributed by atoms with Crippen LogP contribution in [0, 0.1) is 22.2 Å². The molecule has 158 valence electrons. The maximum atomic E-state index is 13.5. The van der Waals surface area contributed by atoms with Gasteiger partial charge in [-0.25, -0.2) is 0 Å². The summed E-state index contributed by atoms with van der Waals surface area (Å²) in [7, 11) is 0. The van der Waals surface area contributed by atoms with Crippen molar-refractivity contribution in [3.63, 3.8) is 0 Å². The van der Waals surface area contributed by atoms with Crippen molar-refractivity contribution in [1.29, 1.82) is 0 Å². The van der Waals surface area contributed by atoms with Crippen LogP contribution >= 0.6 is 0 Å². The summed E-state index contributed by atoms with van der Waals surface area (Å²) in [5.41, 5.74) is -0.188. The zero-order valence-electron chi connectivity index (χ0n) is 19.2. The second kappa shape index (κ2) is 8.05. The number of ether oxygens (including phenoxy) is 2. The molecular weight excluding hydrogens is 336 g/mol. The predicted octanol–water partition coefficient (Wildman–Crippen LogP) is 6.54. The van der Waals surface area contributed by atoms with Gasteiger partial charge in [0, 0.05) is 0 Å². The van der Waals surface area contributed by atoms with E-state index in [2.05, 4.69) is 55.4 Å². The molecule has 0 amide bonds. The van der Waals surface area contributed by atoms with E-state index >= 15 is 0 Å². The third-order valence-corrected chi connectivity index (χ3v) is 8.91. The van der Waals surface area contributed by atoms with Gasteiger partial charge in [0.1, 0.15) is 0 Å². The van der Waals surface area contributed by atoms with Gasteiger partial charge < -0.3 is 9.47 Å². The fourth-order valence-electron chi connectivity index (χ4n) is 5.14. The average molecular weight is 381 g/mol. The minimum Gasteiger partial charge on any atom is -0.465 e. The Labute approximate surface area is 168 Å². The number of hydrogen-bond donors (Lipinski definition) is 0. The molecule has 1 aliphatic carbocycles. The van der Waals surface area contributed by atoms with Crippen molar-refractivity contribution >= 4 is 5.97 Å². The lowest BCUT2D eigenvalue weighted by Gasteiger charge is -2.48. The second-order valence-corrected chi connectivity index (χ2v) is 10.5. The van der Waals surface area contributed by atoms with Crippen molar-refractivity contribution < 1.29 is 14.3 Å². The SMILES string of the molecule is CCC(C)(CC)CC(C)(C(=O)OCC1CCC2(C)OC2C1)C(C)(CC)CC. The molecule has 1 heterocycles. The highest BCUT2D eigenvalue weighted by atomic mass is 16.6. The topological polar surface area (TPSA) is 38.8 Å². The van der Waals surface area contributed by atoms with Crippen LogP contribution in [0.5, 0.6) is 0 Å². The van der Waals surface area contributed by atoms with Crippen LogP contribution in [0.3, 0.4) is 0 Å². The molecule has 27 heavy (non-hydrogen) atoms. The smallest absolute Gasteiger partial charge is 0.312 e. The number of carbonyl (C=O) groups is 1. The first kappa shape index (κ1) is 22.7. The Morgan fingerprint density at radius 2 is 1.67 bits per heavy atom. The summed E-state index contributed by atoms with van der Waals surface area (Å²) < 4.78 is 11.8. The van der Waals surface area contributed by atoms with Crippen LogP contribution in [0.2, 0.25) is 0 Å². The van der Waals surface area contributed by atoms with Gasteiger partial charge in [0.05, 0.1) is 23.7 Å². The van der Waals surface area contributed by atoms with Crippen molar-refractivity contribution in [2.24, 2.45) is 22.2 Å². The minimum atomic E-state index is -0.448. The Kier molecular flexibility index (Phi) is 6.77. The highest BCUT2D eigenvalue weighted by Gasteiger charge is 2.56. The van der Waals surface area contributed by atoms with Crippen molar-refractivity contribution in [1.82, 2.24) is 0 Å². The van der Waals surface area contributed by atoms with E-state index in [4.69, 9.17) is 9.47 Å². The van der Waals surface area contributed by atoms with Crippen LogP contribution < -0.4 is 0 Å². The largest absolute Gasteiger partial charge is 0.465 e. The van der Waals surface area contributed by atoms with Gasteiger partial charge in [-0.15, -0.1) is 0 Å². The van der Waals surface area contributed by atoms with Crippen molar-refractivity contribution in [3.05, 3.63) is 0 Å². The summed E-state index contributed by atoms with van der Waals surface area (Å²) in [4.78, 5) is 13.5. The predicted molar refractivity (Wildman–Crippen MR) is 112 cm³/mol. The number of hydrogen-bond acceptors (Lipinski definition) is 3. The minimum absolute atomic E-state index is 0.0203. The molecule has 2 rings (SSSR count). The van der Waals surface area contributed by atoms with E-state index < -0.39 is 5.41 Å². The quantitative estimate of drug-likeness (QED) is 0.319. The third-order valence-electron chi connectivity index (χ3n) is 8.91. The molecule has 0 aromatic carbocycles. The van der Waals surface area contributed by atoms with Crippen LogP contribution in [0.15, 0.2) is 0 Å². The molecule has 0 spiro atoms.